The molecule has 1 saturated carbocycles. The summed E-state index contributed by atoms with van der Waals surface area (Å²) >= 11 is 0. The van der Waals surface area contributed by atoms with Gasteiger partial charge in [0.1, 0.15) is 5.82 Å². The van der Waals surface area contributed by atoms with Crippen molar-refractivity contribution in [1.82, 2.24) is 9.88 Å². The monoisotopic (exact) mass is 269 g/mol. The molecule has 0 aromatic carbocycles. The van der Waals surface area contributed by atoms with Crippen molar-refractivity contribution < 1.29 is 9.59 Å². The van der Waals surface area contributed by atoms with E-state index < -0.39 is 0 Å². The number of likely N-dealkylation sites (tertiary alicyclic amines) is 1. The molecule has 5 heteroatoms. The van der Waals surface area contributed by atoms with Gasteiger partial charge in [-0.05, 0) is 30.4 Å². The molecule has 2 aliphatic carbocycles. The molecule has 1 N–H and O–H groups in total. The number of anilines is 1. The minimum Gasteiger partial charge on any atom is -0.352 e. The van der Waals surface area contributed by atoms with E-state index in [2.05, 4.69) is 22.5 Å². The van der Waals surface area contributed by atoms with Gasteiger partial charge in [0.25, 0.3) is 0 Å². The van der Waals surface area contributed by atoms with Gasteiger partial charge in [-0.15, -0.1) is 0 Å². The maximum Gasteiger partial charge on any atom is 0.235 e. The van der Waals surface area contributed by atoms with Crippen LogP contribution in [0.5, 0.6) is 0 Å². The summed E-state index contributed by atoms with van der Waals surface area (Å²) in [5, 5.41) is 3.04. The van der Waals surface area contributed by atoms with Crippen LogP contribution in [0.4, 0.5) is 5.82 Å². The van der Waals surface area contributed by atoms with Gasteiger partial charge in [-0.25, -0.2) is 4.98 Å². The zero-order valence-electron chi connectivity index (χ0n) is 10.9. The second-order valence-electron chi connectivity index (χ2n) is 5.65. The Labute approximate surface area is 116 Å². The van der Waals surface area contributed by atoms with E-state index >= 15 is 0 Å². The van der Waals surface area contributed by atoms with Crippen LogP contribution < -0.4 is 5.32 Å². The number of hydrogen-bond donors (Lipinski definition) is 1. The van der Waals surface area contributed by atoms with Crippen LogP contribution in [0.25, 0.3) is 0 Å². The first-order chi connectivity index (χ1) is 9.75. The first-order valence-corrected chi connectivity index (χ1v) is 6.94. The Morgan fingerprint density at radius 1 is 1.15 bits per heavy atom. The van der Waals surface area contributed by atoms with Crippen LogP contribution in [0.1, 0.15) is 6.42 Å². The summed E-state index contributed by atoms with van der Waals surface area (Å²) in [7, 11) is 0. The Hall–Kier alpha value is -2.17. The number of allylic oxidation sites excluding steroid dienone is 2. The zero-order chi connectivity index (χ0) is 13.7. The molecule has 1 aromatic heterocycles. The van der Waals surface area contributed by atoms with Crippen molar-refractivity contribution in [2.45, 2.75) is 6.42 Å². The molecule has 2 fully saturated rings. The number of hydrogen-bond acceptors (Lipinski definition) is 4. The molecule has 20 heavy (non-hydrogen) atoms. The number of aromatic nitrogens is 1. The zero-order valence-corrected chi connectivity index (χ0v) is 10.9. The van der Waals surface area contributed by atoms with Gasteiger partial charge in [-0.2, -0.15) is 0 Å². The normalized spacial score (nSPS) is 33.9. The fourth-order valence-electron chi connectivity index (χ4n) is 3.75. The van der Waals surface area contributed by atoms with Crippen molar-refractivity contribution in [3.63, 3.8) is 0 Å². The van der Waals surface area contributed by atoms with Crippen molar-refractivity contribution in [2.24, 2.45) is 23.7 Å². The van der Waals surface area contributed by atoms with E-state index in [4.69, 9.17) is 0 Å². The third kappa shape index (κ3) is 1.52. The Bertz CT molecular complexity index is 568. The molecule has 2 amide bonds. The van der Waals surface area contributed by atoms with Gasteiger partial charge >= 0.3 is 0 Å². The predicted octanol–water partition coefficient (Wildman–Crippen LogP) is 1.26. The molecule has 1 saturated heterocycles. The van der Waals surface area contributed by atoms with E-state index in [1.54, 1.807) is 6.20 Å². The lowest BCUT2D eigenvalue weighted by molar-refractivity contribution is -0.140. The molecule has 5 nitrogen and oxygen atoms in total. The van der Waals surface area contributed by atoms with Crippen molar-refractivity contribution in [2.75, 3.05) is 12.0 Å². The predicted molar refractivity (Wildman–Crippen MR) is 72.3 cm³/mol. The lowest BCUT2D eigenvalue weighted by atomic mass is 9.85. The standard InChI is InChI=1S/C15H15N3O2/c19-14-12-9-4-5-10(7-9)13(12)15(20)18(14)8-17-11-3-1-2-6-16-11/h1-6,9-10,12-13H,7-8H2,(H,16,17)/t9-,10-,12-,13+/m1/s1. The highest BCUT2D eigenvalue weighted by atomic mass is 16.2. The van der Waals surface area contributed by atoms with Crippen LogP contribution in [-0.4, -0.2) is 28.4 Å². The van der Waals surface area contributed by atoms with Crippen LogP contribution in [0.15, 0.2) is 36.5 Å². The van der Waals surface area contributed by atoms with Crippen LogP contribution in [-0.2, 0) is 9.59 Å². The maximum atomic E-state index is 12.4. The topological polar surface area (TPSA) is 62.3 Å². The van der Waals surface area contributed by atoms with Crippen LogP contribution in [0.2, 0.25) is 0 Å². The Morgan fingerprint density at radius 2 is 1.85 bits per heavy atom. The van der Waals surface area contributed by atoms with E-state index in [1.165, 1.54) is 4.90 Å². The Kier molecular flexibility index (Phi) is 2.42. The third-order valence-electron chi connectivity index (χ3n) is 4.64. The maximum absolute atomic E-state index is 12.4. The summed E-state index contributed by atoms with van der Waals surface area (Å²) in [5.74, 6) is 0.903. The number of carbonyl (C=O) groups excluding carboxylic acids is 2. The molecule has 3 aliphatic rings. The SMILES string of the molecule is O=C1[C@@H]2[C@H](C(=O)N1CNc1ccccn1)[C@@H]1C=C[C@@H]2C1. The van der Waals surface area contributed by atoms with E-state index in [0.717, 1.165) is 6.42 Å². The average molecular weight is 269 g/mol. The van der Waals surface area contributed by atoms with Gasteiger partial charge in [-0.1, -0.05) is 18.2 Å². The van der Waals surface area contributed by atoms with Crippen molar-refractivity contribution in [3.8, 4) is 0 Å². The largest absolute Gasteiger partial charge is 0.352 e. The third-order valence-corrected chi connectivity index (χ3v) is 4.64. The van der Waals surface area contributed by atoms with Gasteiger partial charge in [-0.3, -0.25) is 14.5 Å². The van der Waals surface area contributed by atoms with Crippen molar-refractivity contribution >= 4 is 17.6 Å². The molecule has 0 radical (unpaired) electrons. The molecule has 1 aromatic rings. The highest BCUT2D eigenvalue weighted by Gasteiger charge is 2.59. The number of nitrogens with zero attached hydrogens (tertiary/aromatic N) is 2. The molecular formula is C15H15N3O2. The number of pyridine rings is 1. The van der Waals surface area contributed by atoms with Crippen molar-refractivity contribution in [1.29, 1.82) is 0 Å². The van der Waals surface area contributed by atoms with Gasteiger partial charge in [0, 0.05) is 6.20 Å². The first kappa shape index (κ1) is 11.6. The number of fused-ring (bicyclic) bond motifs is 5. The fourth-order valence-corrected chi connectivity index (χ4v) is 3.75. The molecule has 4 rings (SSSR count). The molecule has 2 heterocycles. The minimum absolute atomic E-state index is 0.0275. The summed E-state index contributed by atoms with van der Waals surface area (Å²) in [6.07, 6.45) is 6.85. The smallest absolute Gasteiger partial charge is 0.235 e. The summed E-state index contributed by atoms with van der Waals surface area (Å²) in [6, 6.07) is 5.50. The van der Waals surface area contributed by atoms with Crippen LogP contribution in [0, 0.1) is 23.7 Å². The van der Waals surface area contributed by atoms with E-state index in [9.17, 15) is 9.59 Å². The summed E-state index contributed by atoms with van der Waals surface area (Å²) in [4.78, 5) is 30.3. The van der Waals surface area contributed by atoms with E-state index in [-0.39, 0.29) is 42.2 Å². The highest BCUT2D eigenvalue weighted by Crippen LogP contribution is 2.52. The quantitative estimate of drug-likeness (QED) is 0.663. The molecule has 4 atom stereocenters. The summed E-state index contributed by atoms with van der Waals surface area (Å²) in [6.45, 7) is 0.209. The molecule has 2 bridgehead atoms. The second kappa shape index (κ2) is 4.16. The lowest BCUT2D eigenvalue weighted by Gasteiger charge is -2.17. The number of nitrogens with one attached hydrogen (secondary N) is 1. The number of rotatable bonds is 3. The van der Waals surface area contributed by atoms with Gasteiger partial charge in [0.15, 0.2) is 0 Å². The molecule has 102 valence electrons. The van der Waals surface area contributed by atoms with Gasteiger partial charge < -0.3 is 5.32 Å². The molecule has 1 aliphatic heterocycles. The van der Waals surface area contributed by atoms with Crippen LogP contribution in [0.3, 0.4) is 0 Å². The Balaban J connectivity index is 1.51. The second-order valence-corrected chi connectivity index (χ2v) is 5.65. The summed E-state index contributed by atoms with van der Waals surface area (Å²) in [5.41, 5.74) is 0. The van der Waals surface area contributed by atoms with Crippen molar-refractivity contribution in [3.05, 3.63) is 36.5 Å². The number of imide groups is 1. The van der Waals surface area contributed by atoms with Gasteiger partial charge in [0.05, 0.1) is 18.5 Å². The molecule has 0 spiro atoms. The first-order valence-electron chi connectivity index (χ1n) is 6.94. The summed E-state index contributed by atoms with van der Waals surface area (Å²) < 4.78 is 0. The van der Waals surface area contributed by atoms with E-state index in [1.807, 2.05) is 18.2 Å². The fraction of sp³-hybridized carbons (Fsp3) is 0.400. The number of carbonyl (C=O) groups is 2. The number of amides is 2. The average Bonchev–Trinajstić information content (AvgIpc) is 3.13. The van der Waals surface area contributed by atoms with Crippen LogP contribution >= 0.6 is 0 Å². The Morgan fingerprint density at radius 3 is 2.45 bits per heavy atom. The van der Waals surface area contributed by atoms with E-state index in [0.29, 0.717) is 5.82 Å². The molecular weight excluding hydrogens is 254 g/mol. The molecule has 0 unspecified atom stereocenters. The van der Waals surface area contributed by atoms with Gasteiger partial charge in [0.2, 0.25) is 11.8 Å². The minimum atomic E-state index is -0.122. The highest BCUT2D eigenvalue weighted by molar-refractivity contribution is 6.06. The lowest BCUT2D eigenvalue weighted by Crippen LogP contribution is -2.37.